The standard InChI is InChI=1S/C21H20Br2N2O2S/c1-4-25-20(26)18(24(3)21(25)28)11-15-9-16(22)19(17(23)10-15)27-12-14-7-5-13(2)6-8-14/h5-11H,4,12H2,1-3H3/b18-11-. The smallest absolute Gasteiger partial charge is 0.276 e. The van der Waals surface area contributed by atoms with E-state index in [0.717, 1.165) is 25.8 Å². The van der Waals surface area contributed by atoms with E-state index in [-0.39, 0.29) is 5.91 Å². The molecule has 1 aliphatic heterocycles. The van der Waals surface area contributed by atoms with E-state index in [1.54, 1.807) is 9.80 Å². The monoisotopic (exact) mass is 522 g/mol. The molecule has 0 spiro atoms. The number of amides is 1. The Hall–Kier alpha value is -1.70. The van der Waals surface area contributed by atoms with Gasteiger partial charge in [-0.25, -0.2) is 0 Å². The van der Waals surface area contributed by atoms with Crippen molar-refractivity contribution < 1.29 is 9.53 Å². The van der Waals surface area contributed by atoms with E-state index in [1.807, 2.05) is 32.2 Å². The summed E-state index contributed by atoms with van der Waals surface area (Å²) >= 11 is 12.5. The molecule has 28 heavy (non-hydrogen) atoms. The van der Waals surface area contributed by atoms with Crippen LogP contribution in [-0.2, 0) is 11.4 Å². The lowest BCUT2D eigenvalue weighted by molar-refractivity contribution is -0.122. The van der Waals surface area contributed by atoms with Gasteiger partial charge in [0.05, 0.1) is 8.95 Å². The molecule has 1 saturated heterocycles. The number of carbonyl (C=O) groups excluding carboxylic acids is 1. The molecule has 2 aromatic carbocycles. The van der Waals surface area contributed by atoms with Gasteiger partial charge < -0.3 is 9.64 Å². The maximum atomic E-state index is 12.6. The van der Waals surface area contributed by atoms with Crippen molar-refractivity contribution in [1.82, 2.24) is 9.80 Å². The minimum Gasteiger partial charge on any atom is -0.487 e. The third-order valence-electron chi connectivity index (χ3n) is 4.49. The average Bonchev–Trinajstić information content (AvgIpc) is 2.85. The highest BCUT2D eigenvalue weighted by Crippen LogP contribution is 2.36. The van der Waals surface area contributed by atoms with Gasteiger partial charge in [0.1, 0.15) is 18.1 Å². The average molecular weight is 524 g/mol. The molecule has 4 nitrogen and oxygen atoms in total. The van der Waals surface area contributed by atoms with Crippen LogP contribution in [0.4, 0.5) is 0 Å². The number of rotatable bonds is 5. The maximum Gasteiger partial charge on any atom is 0.276 e. The van der Waals surface area contributed by atoms with Crippen LogP contribution in [0.3, 0.4) is 0 Å². The molecule has 0 radical (unpaired) electrons. The Morgan fingerprint density at radius 1 is 1.14 bits per heavy atom. The van der Waals surface area contributed by atoms with Gasteiger partial charge in [-0.05, 0) is 87.3 Å². The van der Waals surface area contributed by atoms with Crippen molar-refractivity contribution in [3.8, 4) is 5.75 Å². The molecule has 2 aromatic rings. The maximum absolute atomic E-state index is 12.6. The van der Waals surface area contributed by atoms with Crippen LogP contribution in [0.25, 0.3) is 6.08 Å². The number of halogens is 2. The summed E-state index contributed by atoms with van der Waals surface area (Å²) in [5.41, 5.74) is 3.74. The summed E-state index contributed by atoms with van der Waals surface area (Å²) in [5.74, 6) is 0.640. The van der Waals surface area contributed by atoms with E-state index in [1.165, 1.54) is 5.56 Å². The number of hydrogen-bond donors (Lipinski definition) is 0. The van der Waals surface area contributed by atoms with Gasteiger partial charge in [0.15, 0.2) is 5.11 Å². The number of thiocarbonyl (C=S) groups is 1. The van der Waals surface area contributed by atoms with Crippen LogP contribution in [0.15, 0.2) is 51.0 Å². The lowest BCUT2D eigenvalue weighted by Crippen LogP contribution is -2.30. The Bertz CT molecular complexity index is 934. The number of benzene rings is 2. The van der Waals surface area contributed by atoms with Gasteiger partial charge in [-0.15, -0.1) is 0 Å². The van der Waals surface area contributed by atoms with Crippen molar-refractivity contribution in [2.45, 2.75) is 20.5 Å². The second kappa shape index (κ2) is 8.76. The largest absolute Gasteiger partial charge is 0.487 e. The molecule has 1 amide bonds. The van der Waals surface area contributed by atoms with Gasteiger partial charge in [-0.1, -0.05) is 29.8 Å². The van der Waals surface area contributed by atoms with Crippen molar-refractivity contribution in [3.05, 3.63) is 67.7 Å². The van der Waals surface area contributed by atoms with E-state index in [4.69, 9.17) is 17.0 Å². The molecule has 3 rings (SSSR count). The van der Waals surface area contributed by atoms with Crippen LogP contribution in [0.2, 0.25) is 0 Å². The molecule has 0 aromatic heterocycles. The first-order chi connectivity index (χ1) is 13.3. The summed E-state index contributed by atoms with van der Waals surface area (Å²) in [5, 5.41) is 0.523. The molecule has 0 bridgehead atoms. The van der Waals surface area contributed by atoms with Crippen LogP contribution in [0.1, 0.15) is 23.6 Å². The SMILES string of the molecule is CCN1C(=O)/C(=C/c2cc(Br)c(OCc3ccc(C)cc3)c(Br)c2)N(C)C1=S. The van der Waals surface area contributed by atoms with Crippen LogP contribution in [-0.4, -0.2) is 34.4 Å². The molecule has 0 unspecified atom stereocenters. The molecular weight excluding hydrogens is 504 g/mol. The topological polar surface area (TPSA) is 32.8 Å². The predicted octanol–water partition coefficient (Wildman–Crippen LogP) is 5.52. The summed E-state index contributed by atoms with van der Waals surface area (Å²) in [7, 11) is 1.81. The molecule has 7 heteroatoms. The number of likely N-dealkylation sites (N-methyl/N-ethyl adjacent to an activating group) is 2. The Morgan fingerprint density at radius 3 is 2.29 bits per heavy atom. The third kappa shape index (κ3) is 4.31. The van der Waals surface area contributed by atoms with E-state index in [0.29, 0.717) is 24.0 Å². The Kier molecular flexibility index (Phi) is 6.58. The van der Waals surface area contributed by atoms with E-state index >= 15 is 0 Å². The Labute approximate surface area is 187 Å². The molecule has 146 valence electrons. The molecular formula is C21H20Br2N2O2S. The third-order valence-corrected chi connectivity index (χ3v) is 6.16. The number of nitrogens with zero attached hydrogens (tertiary/aromatic N) is 2. The van der Waals surface area contributed by atoms with Gasteiger partial charge in [-0.2, -0.15) is 0 Å². The Balaban J connectivity index is 1.83. The van der Waals surface area contributed by atoms with Crippen LogP contribution in [0, 0.1) is 6.92 Å². The van der Waals surface area contributed by atoms with Crippen molar-refractivity contribution in [2.75, 3.05) is 13.6 Å². The second-order valence-electron chi connectivity index (χ2n) is 6.51. The molecule has 1 fully saturated rings. The summed E-state index contributed by atoms with van der Waals surface area (Å²) in [6.07, 6.45) is 1.84. The van der Waals surface area contributed by atoms with Gasteiger partial charge in [0, 0.05) is 13.6 Å². The number of hydrogen-bond acceptors (Lipinski definition) is 3. The van der Waals surface area contributed by atoms with E-state index in [2.05, 4.69) is 63.0 Å². The highest BCUT2D eigenvalue weighted by Gasteiger charge is 2.34. The molecule has 0 saturated carbocycles. The van der Waals surface area contributed by atoms with E-state index < -0.39 is 0 Å². The van der Waals surface area contributed by atoms with Gasteiger partial charge >= 0.3 is 0 Å². The summed E-state index contributed by atoms with van der Waals surface area (Å²) in [6.45, 7) is 5.00. The fraction of sp³-hybridized carbons (Fsp3) is 0.238. The van der Waals surface area contributed by atoms with Crippen LogP contribution in [0.5, 0.6) is 5.75 Å². The molecule has 0 N–H and O–H groups in total. The predicted molar refractivity (Wildman–Crippen MR) is 123 cm³/mol. The van der Waals surface area contributed by atoms with Crippen molar-refractivity contribution >= 4 is 61.2 Å². The van der Waals surface area contributed by atoms with Crippen molar-refractivity contribution in [3.63, 3.8) is 0 Å². The molecule has 0 aliphatic carbocycles. The van der Waals surface area contributed by atoms with Gasteiger partial charge in [0.25, 0.3) is 5.91 Å². The lowest BCUT2D eigenvalue weighted by Gasteiger charge is -2.14. The summed E-state index contributed by atoms with van der Waals surface area (Å²) in [4.78, 5) is 15.9. The van der Waals surface area contributed by atoms with Gasteiger partial charge in [-0.3, -0.25) is 9.69 Å². The van der Waals surface area contributed by atoms with E-state index in [9.17, 15) is 4.79 Å². The normalized spacial score (nSPS) is 15.7. The van der Waals surface area contributed by atoms with Crippen molar-refractivity contribution in [2.24, 2.45) is 0 Å². The van der Waals surface area contributed by atoms with Crippen LogP contribution >= 0.6 is 44.1 Å². The quantitative estimate of drug-likeness (QED) is 0.381. The minimum absolute atomic E-state index is 0.0815. The van der Waals surface area contributed by atoms with Gasteiger partial charge in [0.2, 0.25) is 0 Å². The highest BCUT2D eigenvalue weighted by atomic mass is 79.9. The second-order valence-corrected chi connectivity index (χ2v) is 8.58. The first kappa shape index (κ1) is 21.0. The van der Waals surface area contributed by atoms with Crippen LogP contribution < -0.4 is 4.74 Å². The fourth-order valence-corrected chi connectivity index (χ4v) is 4.65. The number of ether oxygens (including phenoxy) is 1. The fourth-order valence-electron chi connectivity index (χ4n) is 2.89. The van der Waals surface area contributed by atoms with Crippen molar-refractivity contribution in [1.29, 1.82) is 0 Å². The molecule has 1 aliphatic rings. The number of carbonyl (C=O) groups is 1. The summed E-state index contributed by atoms with van der Waals surface area (Å²) in [6, 6.07) is 12.1. The zero-order valence-electron chi connectivity index (χ0n) is 15.8. The number of aryl methyl sites for hydroxylation is 1. The highest BCUT2D eigenvalue weighted by molar-refractivity contribution is 9.11. The first-order valence-electron chi connectivity index (χ1n) is 8.80. The summed E-state index contributed by atoms with van der Waals surface area (Å²) < 4.78 is 7.61. The minimum atomic E-state index is -0.0815. The molecule has 1 heterocycles. The molecule has 0 atom stereocenters. The zero-order valence-corrected chi connectivity index (χ0v) is 19.8. The Morgan fingerprint density at radius 2 is 1.75 bits per heavy atom. The zero-order chi connectivity index (χ0) is 20.4. The first-order valence-corrected chi connectivity index (χ1v) is 10.8. The lowest BCUT2D eigenvalue weighted by atomic mass is 10.1.